The van der Waals surface area contributed by atoms with E-state index < -0.39 is 0 Å². The van der Waals surface area contributed by atoms with E-state index in [1.807, 2.05) is 181 Å². The first-order valence-corrected chi connectivity index (χ1v) is 41.4. The quantitative estimate of drug-likeness (QED) is 0.154. The molecule has 0 radical (unpaired) electrons. The van der Waals surface area contributed by atoms with Gasteiger partial charge in [0.25, 0.3) is 0 Å². The molecule has 0 amide bonds. The fraction of sp³-hybridized carbons (Fsp3) is 0.0833. The first-order valence-electron chi connectivity index (χ1n) is 20.9. The van der Waals surface area contributed by atoms with Gasteiger partial charge in [-0.25, -0.2) is 0 Å². The number of halogens is 8. The van der Waals surface area contributed by atoms with Crippen LogP contribution in [-0.2, 0) is 0 Å². The van der Waals surface area contributed by atoms with Crippen molar-refractivity contribution in [2.45, 2.75) is 27.7 Å². The molecule has 0 aromatic carbocycles. The molecular weight excluding hydrogens is 1920 g/mol. The lowest BCUT2D eigenvalue weighted by Gasteiger charge is -1.96. The molecule has 360 valence electrons. The average Bonchev–Trinajstić information content (AvgIpc) is 4.14. The van der Waals surface area contributed by atoms with Crippen LogP contribution < -0.4 is 0 Å². The lowest BCUT2D eigenvalue weighted by Crippen LogP contribution is -1.73. The molecule has 0 aliphatic rings. The van der Waals surface area contributed by atoms with Crippen LogP contribution in [0.25, 0.3) is 133 Å². The van der Waals surface area contributed by atoms with Crippen molar-refractivity contribution in [3.63, 3.8) is 0 Å². The third-order valence-electron chi connectivity index (χ3n) is 11.8. The molecule has 16 heterocycles. The Morgan fingerprint density at radius 2 is 0.458 bits per heavy atom. The first kappa shape index (κ1) is 51.5. The first-order chi connectivity index (χ1) is 34.6. The van der Waals surface area contributed by atoms with Crippen molar-refractivity contribution in [2.75, 3.05) is 0 Å². The third-order valence-corrected chi connectivity index (χ3v) is 45.4. The molecule has 16 aromatic heterocycles. The molecule has 0 aliphatic carbocycles. The molecule has 0 saturated carbocycles. The van der Waals surface area contributed by atoms with Crippen LogP contribution >= 0.6 is 335 Å². The molecule has 0 saturated heterocycles. The number of hydrogen-bond donors (Lipinski definition) is 0. The van der Waals surface area contributed by atoms with Crippen molar-refractivity contribution >= 4 is 429 Å². The van der Waals surface area contributed by atoms with Gasteiger partial charge in [-0.1, -0.05) is 0 Å². The van der Waals surface area contributed by atoms with Crippen LogP contribution in [-0.4, -0.2) is 0 Å². The molecule has 16 aromatic rings. The molecule has 0 N–H and O–H groups in total. The van der Waals surface area contributed by atoms with Crippen LogP contribution in [0.4, 0.5) is 0 Å². The maximum atomic E-state index is 4.00. The highest BCUT2D eigenvalue weighted by atomic mass is 127. The van der Waals surface area contributed by atoms with Gasteiger partial charge in [0.15, 0.2) is 0 Å². The monoisotopic (exact) mass is 1930 g/mol. The van der Waals surface area contributed by atoms with Gasteiger partial charge in [-0.3, -0.25) is 0 Å². The summed E-state index contributed by atoms with van der Waals surface area (Å²) in [4.78, 5) is 16.7. The van der Waals surface area contributed by atoms with Crippen molar-refractivity contribution < 1.29 is 0 Å². The van der Waals surface area contributed by atoms with Crippen LogP contribution in [0.1, 0.15) is 19.5 Å². The van der Waals surface area contributed by atoms with E-state index in [9.17, 15) is 0 Å². The summed E-state index contributed by atoms with van der Waals surface area (Å²) in [6.07, 6.45) is 0. The molecule has 0 fully saturated rings. The van der Waals surface area contributed by atoms with Gasteiger partial charge in [0.2, 0.25) is 0 Å². The molecule has 16 rings (SSSR count). The molecule has 0 unspecified atom stereocenters. The second-order valence-electron chi connectivity index (χ2n) is 16.5. The van der Waals surface area contributed by atoms with Crippen molar-refractivity contribution in [2.24, 2.45) is 0 Å². The van der Waals surface area contributed by atoms with Crippen molar-refractivity contribution in [1.82, 2.24) is 0 Å². The van der Waals surface area contributed by atoms with Crippen LogP contribution in [0.5, 0.6) is 0 Å². The van der Waals surface area contributed by atoms with Gasteiger partial charge in [-0.2, -0.15) is 0 Å². The maximum absolute atomic E-state index is 4.00. The van der Waals surface area contributed by atoms with E-state index in [1.165, 1.54) is 185 Å². The molecule has 24 heteroatoms. The van der Waals surface area contributed by atoms with Gasteiger partial charge < -0.3 is 0 Å². The number of hydrogen-bond acceptors (Lipinski definition) is 16. The maximum Gasteiger partial charge on any atom is 0.0651 e. The van der Waals surface area contributed by atoms with Crippen LogP contribution in [0, 0.1) is 42.0 Å². The molecule has 0 bridgehead atoms. The predicted molar refractivity (Wildman–Crippen MR) is 396 cm³/mol. The van der Waals surface area contributed by atoms with E-state index in [0.29, 0.717) is 0 Å². The van der Waals surface area contributed by atoms with E-state index >= 15 is 0 Å². The van der Waals surface area contributed by atoms with Crippen LogP contribution in [0.15, 0.2) is 42.2 Å². The van der Waals surface area contributed by atoms with Crippen LogP contribution in [0.2, 0.25) is 0 Å². The van der Waals surface area contributed by atoms with Gasteiger partial charge in [0, 0.05) is 38.3 Å². The number of rotatable bonds is 4. The SMILES string of the molecule is Cc1cc2sc(-c3sc4c(sc5c6sc(-c7sc8cc(C)sc8c7Br)c(Br)c6sc45)c3Br)c(Br)c2s1.Cc1cc2sc(-c3sc4c(sc5c6sc(-c7sc8cc(C)sc8c7I)c(I)c6sc45)c3I)c(I)c2s1. The Morgan fingerprint density at radius 1 is 0.236 bits per heavy atom. The molecule has 0 atom stereocenters. The Kier molecular flexibility index (Phi) is 13.7. The number of fused-ring (bicyclic) bond motifs is 14. The standard InChI is InChI=1S/C24H8Br4S8.C24H8I4S8/c2*1-5-3-7-13(29-5)9(25)15(31-7)17-11(27)19-21(33-17)23-24(35-19)22-20(36-23)12(28)18(34-22)16-10(26)14-8(32-16)4-6(2)30-14/h2*3-4H,1-2H3. The summed E-state index contributed by atoms with van der Waals surface area (Å²) >= 11 is 57.3. The largest absolute Gasteiger partial charge is 0.139 e. The lowest BCUT2D eigenvalue weighted by atomic mass is 10.3. The van der Waals surface area contributed by atoms with Gasteiger partial charge in [-0.05, 0) is 206 Å². The van der Waals surface area contributed by atoms with E-state index in [1.54, 1.807) is 0 Å². The minimum Gasteiger partial charge on any atom is -0.139 e. The molecule has 0 nitrogen and oxygen atoms in total. The van der Waals surface area contributed by atoms with Crippen molar-refractivity contribution in [3.8, 4) is 39.0 Å². The van der Waals surface area contributed by atoms with Crippen LogP contribution in [0.3, 0.4) is 0 Å². The molecule has 0 aliphatic heterocycles. The summed E-state index contributed by atoms with van der Waals surface area (Å²) in [5.41, 5.74) is 0. The zero-order chi connectivity index (χ0) is 49.2. The van der Waals surface area contributed by atoms with Gasteiger partial charge in [-0.15, -0.1) is 181 Å². The lowest BCUT2D eigenvalue weighted by molar-refractivity contribution is 1.66. The Bertz CT molecular complexity index is 4370. The zero-order valence-electron chi connectivity index (χ0n) is 35.9. The highest BCUT2D eigenvalue weighted by Crippen LogP contribution is 2.62. The number of aryl methyl sites for hydroxylation is 4. The zero-order valence-corrected chi connectivity index (χ0v) is 63.9. The van der Waals surface area contributed by atoms with Gasteiger partial charge >= 0.3 is 0 Å². The second kappa shape index (κ2) is 19.1. The summed E-state index contributed by atoms with van der Waals surface area (Å²) in [6.45, 7) is 8.80. The molecule has 72 heavy (non-hydrogen) atoms. The minimum absolute atomic E-state index is 1.24. The smallest absolute Gasteiger partial charge is 0.0651 e. The van der Waals surface area contributed by atoms with E-state index in [0.717, 1.165) is 0 Å². The van der Waals surface area contributed by atoms with E-state index in [2.05, 4.69) is 206 Å². The Labute approximate surface area is 561 Å². The second-order valence-corrected chi connectivity index (χ2v) is 41.4. The predicted octanol–water partition coefficient (Wildman–Crippen LogP) is 29.3. The summed E-state index contributed by atoms with van der Waals surface area (Å²) < 4.78 is 39.3. The summed E-state index contributed by atoms with van der Waals surface area (Å²) in [6, 6.07) is 9.31. The van der Waals surface area contributed by atoms with Gasteiger partial charge in [0.05, 0.1) is 146 Å². The minimum atomic E-state index is 1.24. The normalized spacial score (nSPS) is 12.7. The summed E-state index contributed by atoms with van der Waals surface area (Å²) in [5, 5.41) is 0. The Balaban J connectivity index is 0.000000128. The fourth-order valence-corrected chi connectivity index (χ4v) is 41.0. The molecule has 0 spiro atoms. The number of thiophene rings is 16. The van der Waals surface area contributed by atoms with E-state index in [4.69, 9.17) is 0 Å². The third kappa shape index (κ3) is 7.80. The van der Waals surface area contributed by atoms with Gasteiger partial charge in [0.1, 0.15) is 0 Å². The summed E-state index contributed by atoms with van der Waals surface area (Å²) in [7, 11) is 0. The average molecular weight is 1930 g/mol. The Morgan fingerprint density at radius 3 is 0.806 bits per heavy atom. The van der Waals surface area contributed by atoms with E-state index in [-0.39, 0.29) is 0 Å². The highest BCUT2D eigenvalue weighted by Gasteiger charge is 2.30. The fourth-order valence-electron chi connectivity index (χ4n) is 8.82. The summed E-state index contributed by atoms with van der Waals surface area (Å²) in [5.74, 6) is 0. The van der Waals surface area contributed by atoms with Crippen molar-refractivity contribution in [3.05, 3.63) is 75.9 Å². The molecular formula is C48H16Br4I4S16. The highest BCUT2D eigenvalue weighted by molar-refractivity contribution is 14.1. The Hall–Kier alpha value is 2.64. The van der Waals surface area contributed by atoms with Crippen molar-refractivity contribution in [1.29, 1.82) is 0 Å². The topological polar surface area (TPSA) is 0 Å².